The molecule has 1 amide bonds. The molecule has 3 unspecified atom stereocenters. The molecule has 66 heavy (non-hydrogen) atoms. The number of phosphoric acid groups is 1. The number of unbranched alkanes of at least 4 members (excludes halogenated alkanes) is 33. The number of carbonyl (C=O) groups excluding carboxylic acids is 2. The van der Waals surface area contributed by atoms with E-state index in [-0.39, 0.29) is 31.5 Å². The van der Waals surface area contributed by atoms with E-state index in [0.29, 0.717) is 23.9 Å². The number of ether oxygens (including phenoxy) is 1. The number of nitrogens with one attached hydrogen (secondary N) is 1. The highest BCUT2D eigenvalue weighted by Gasteiger charge is 2.27. The van der Waals surface area contributed by atoms with E-state index in [0.717, 1.165) is 64.2 Å². The standard InChI is InChI=1S/C56H109N2O7P/c1-7-10-13-16-19-22-25-27-28-29-31-33-36-39-42-45-48-55(59)57-53(52-64-66(61,62)63-51-50-58(4,5)6)54(47-44-41-38-35-32-24-21-18-15-12-9-3)65-56(60)49-46-43-40-37-34-30-26-23-20-17-14-11-8-2/h30,34,44,47,53-54H,7-29,31-33,35-43,45-46,48-52H2,1-6H3,(H-,57,59,61,62)/b34-30-,47-44+. The van der Waals surface area contributed by atoms with E-state index in [1.165, 1.54) is 167 Å². The van der Waals surface area contributed by atoms with Gasteiger partial charge in [-0.2, -0.15) is 0 Å². The molecule has 0 aliphatic carbocycles. The molecular weight excluding hydrogens is 844 g/mol. The minimum absolute atomic E-state index is 0.0213. The van der Waals surface area contributed by atoms with Crippen LogP contribution in [0.3, 0.4) is 0 Å². The average molecular weight is 953 g/mol. The lowest BCUT2D eigenvalue weighted by Gasteiger charge is -2.30. The van der Waals surface area contributed by atoms with Crippen LogP contribution in [0.2, 0.25) is 0 Å². The van der Waals surface area contributed by atoms with Gasteiger partial charge in [-0.25, -0.2) is 0 Å². The van der Waals surface area contributed by atoms with Crippen molar-refractivity contribution in [3.8, 4) is 0 Å². The van der Waals surface area contributed by atoms with Gasteiger partial charge in [0, 0.05) is 12.8 Å². The second kappa shape index (κ2) is 47.2. The van der Waals surface area contributed by atoms with Crippen LogP contribution in [0.15, 0.2) is 24.3 Å². The van der Waals surface area contributed by atoms with E-state index in [2.05, 4.69) is 38.2 Å². The summed E-state index contributed by atoms with van der Waals surface area (Å²) in [4.78, 5) is 39.7. The normalized spacial score (nSPS) is 14.0. The first-order chi connectivity index (χ1) is 31.9. The Morgan fingerprint density at radius 3 is 1.30 bits per heavy atom. The highest BCUT2D eigenvalue weighted by Crippen LogP contribution is 2.38. The van der Waals surface area contributed by atoms with Crippen LogP contribution in [-0.4, -0.2) is 69.4 Å². The molecule has 0 aliphatic heterocycles. The maximum atomic E-state index is 13.4. The second-order valence-corrected chi connectivity index (χ2v) is 21.9. The van der Waals surface area contributed by atoms with Gasteiger partial charge in [0.05, 0.1) is 33.8 Å². The molecule has 0 radical (unpaired) electrons. The van der Waals surface area contributed by atoms with E-state index in [1.807, 2.05) is 33.3 Å². The van der Waals surface area contributed by atoms with Crippen molar-refractivity contribution < 1.29 is 37.3 Å². The number of likely N-dealkylation sites (N-methyl/N-ethyl adjacent to an activating group) is 1. The van der Waals surface area contributed by atoms with Crippen LogP contribution in [0.4, 0.5) is 0 Å². The van der Waals surface area contributed by atoms with E-state index >= 15 is 0 Å². The van der Waals surface area contributed by atoms with Crippen molar-refractivity contribution in [2.24, 2.45) is 0 Å². The molecule has 1 N–H and O–H groups in total. The number of carbonyl (C=O) groups is 2. The summed E-state index contributed by atoms with van der Waals surface area (Å²) in [7, 11) is 1.19. The molecule has 0 spiro atoms. The highest BCUT2D eigenvalue weighted by molar-refractivity contribution is 7.45. The number of hydrogen-bond donors (Lipinski definition) is 1. The Bertz CT molecular complexity index is 1190. The first-order valence-corrected chi connectivity index (χ1v) is 29.6. The third kappa shape index (κ3) is 47.6. The third-order valence-corrected chi connectivity index (χ3v) is 13.6. The molecule has 0 bridgehead atoms. The van der Waals surface area contributed by atoms with E-state index in [4.69, 9.17) is 13.8 Å². The fraction of sp³-hybridized carbons (Fsp3) is 0.893. The average Bonchev–Trinajstić information content (AvgIpc) is 3.27. The Hall–Kier alpha value is -1.51. The van der Waals surface area contributed by atoms with Gasteiger partial charge in [-0.15, -0.1) is 0 Å². The Labute approximate surface area is 409 Å². The number of allylic oxidation sites excluding steroid dienone is 3. The van der Waals surface area contributed by atoms with Crippen LogP contribution in [0, 0.1) is 0 Å². The zero-order chi connectivity index (χ0) is 48.7. The largest absolute Gasteiger partial charge is 0.756 e. The lowest BCUT2D eigenvalue weighted by molar-refractivity contribution is -0.870. The smallest absolute Gasteiger partial charge is 0.306 e. The maximum Gasteiger partial charge on any atom is 0.306 e. The Morgan fingerprint density at radius 1 is 0.515 bits per heavy atom. The fourth-order valence-electron chi connectivity index (χ4n) is 8.22. The molecule has 0 aliphatic rings. The fourth-order valence-corrected chi connectivity index (χ4v) is 8.95. The van der Waals surface area contributed by atoms with Crippen LogP contribution in [0.25, 0.3) is 0 Å². The van der Waals surface area contributed by atoms with Crippen LogP contribution in [0.1, 0.15) is 271 Å². The van der Waals surface area contributed by atoms with Gasteiger partial charge in [-0.3, -0.25) is 14.2 Å². The van der Waals surface area contributed by atoms with E-state index in [1.54, 1.807) is 0 Å². The van der Waals surface area contributed by atoms with Gasteiger partial charge in [0.15, 0.2) is 0 Å². The number of esters is 1. The lowest BCUT2D eigenvalue weighted by Crippen LogP contribution is -2.47. The number of nitrogens with zero attached hydrogens (tertiary/aromatic N) is 1. The molecule has 9 nitrogen and oxygen atoms in total. The van der Waals surface area contributed by atoms with Gasteiger partial charge in [-0.05, 0) is 57.4 Å². The number of hydrogen-bond acceptors (Lipinski definition) is 7. The molecule has 0 fully saturated rings. The van der Waals surface area contributed by atoms with Gasteiger partial charge < -0.3 is 28.5 Å². The van der Waals surface area contributed by atoms with Crippen LogP contribution < -0.4 is 10.2 Å². The van der Waals surface area contributed by atoms with Crippen LogP contribution in [-0.2, 0) is 27.9 Å². The Morgan fingerprint density at radius 2 is 0.879 bits per heavy atom. The van der Waals surface area contributed by atoms with Gasteiger partial charge in [0.2, 0.25) is 5.91 Å². The highest BCUT2D eigenvalue weighted by atomic mass is 31.2. The summed E-state index contributed by atoms with van der Waals surface area (Å²) < 4.78 is 30.2. The topological polar surface area (TPSA) is 114 Å². The molecular formula is C56H109N2O7P. The van der Waals surface area contributed by atoms with Crippen molar-refractivity contribution in [3.63, 3.8) is 0 Å². The van der Waals surface area contributed by atoms with Gasteiger partial charge in [0.1, 0.15) is 19.3 Å². The number of phosphoric ester groups is 1. The molecule has 390 valence electrons. The van der Waals surface area contributed by atoms with Crippen molar-refractivity contribution in [1.29, 1.82) is 0 Å². The number of quaternary nitrogens is 1. The van der Waals surface area contributed by atoms with Crippen LogP contribution in [0.5, 0.6) is 0 Å². The first kappa shape index (κ1) is 64.5. The van der Waals surface area contributed by atoms with E-state index < -0.39 is 20.0 Å². The summed E-state index contributed by atoms with van der Waals surface area (Å²) in [5.74, 6) is -0.550. The second-order valence-electron chi connectivity index (χ2n) is 20.4. The van der Waals surface area contributed by atoms with Crippen molar-refractivity contribution in [3.05, 3.63) is 24.3 Å². The zero-order valence-corrected chi connectivity index (χ0v) is 45.3. The lowest BCUT2D eigenvalue weighted by atomic mass is 10.0. The molecule has 0 rings (SSSR count). The summed E-state index contributed by atoms with van der Waals surface area (Å²) >= 11 is 0. The minimum Gasteiger partial charge on any atom is -0.756 e. The molecule has 0 saturated heterocycles. The molecule has 0 saturated carbocycles. The van der Waals surface area contributed by atoms with Crippen molar-refractivity contribution in [2.75, 3.05) is 40.9 Å². The first-order valence-electron chi connectivity index (χ1n) is 28.1. The number of rotatable bonds is 51. The summed E-state index contributed by atoms with van der Waals surface area (Å²) in [5.41, 5.74) is 0. The molecule has 0 aromatic carbocycles. The summed E-state index contributed by atoms with van der Waals surface area (Å²) in [6.45, 7) is 6.84. The summed E-state index contributed by atoms with van der Waals surface area (Å²) in [5, 5.41) is 3.02. The molecule has 0 aromatic rings. The molecule has 10 heteroatoms. The third-order valence-electron chi connectivity index (χ3n) is 12.6. The summed E-state index contributed by atoms with van der Waals surface area (Å²) in [6.07, 6.45) is 52.8. The predicted octanol–water partition coefficient (Wildman–Crippen LogP) is 16.0. The monoisotopic (exact) mass is 953 g/mol. The molecule has 0 heterocycles. The quantitative estimate of drug-likeness (QED) is 0.0212. The van der Waals surface area contributed by atoms with Gasteiger partial charge in [-0.1, -0.05) is 225 Å². The van der Waals surface area contributed by atoms with Gasteiger partial charge >= 0.3 is 5.97 Å². The minimum atomic E-state index is -4.69. The van der Waals surface area contributed by atoms with Crippen LogP contribution >= 0.6 is 7.82 Å². The van der Waals surface area contributed by atoms with Gasteiger partial charge in [0.25, 0.3) is 7.82 Å². The predicted molar refractivity (Wildman–Crippen MR) is 280 cm³/mol. The van der Waals surface area contributed by atoms with E-state index in [9.17, 15) is 19.0 Å². The Balaban J connectivity index is 5.33. The number of amides is 1. The zero-order valence-electron chi connectivity index (χ0n) is 44.4. The Kier molecular flexibility index (Phi) is 46.1. The SMILES string of the molecule is CCCCCCCC/C=C\CCCCCC(=O)OC(/C=C/CCCCCCCCCCC)C(COP(=O)([O-])OCC[N+](C)(C)C)NC(=O)CCCCCCCCCCCCCCCCCC. The van der Waals surface area contributed by atoms with Crippen molar-refractivity contribution in [2.45, 2.75) is 283 Å². The van der Waals surface area contributed by atoms with Crippen molar-refractivity contribution >= 4 is 19.7 Å². The maximum absolute atomic E-state index is 13.4. The molecule has 3 atom stereocenters. The molecule has 0 aromatic heterocycles. The summed E-state index contributed by atoms with van der Waals surface area (Å²) in [6, 6.07) is -0.886. The van der Waals surface area contributed by atoms with Crippen molar-refractivity contribution in [1.82, 2.24) is 5.32 Å².